The number of carbonyl (C=O) groups is 1. The molecule has 0 aliphatic carbocycles. The smallest absolute Gasteiger partial charge is 0.227 e. The Morgan fingerprint density at radius 1 is 1.24 bits per heavy atom. The van der Waals surface area contributed by atoms with E-state index >= 15 is 0 Å². The van der Waals surface area contributed by atoms with Gasteiger partial charge in [-0.1, -0.05) is 26.0 Å². The highest BCUT2D eigenvalue weighted by Crippen LogP contribution is 2.29. The van der Waals surface area contributed by atoms with Gasteiger partial charge in [0.1, 0.15) is 17.4 Å². The Bertz CT molecular complexity index is 914. The first kappa shape index (κ1) is 20.6. The number of ether oxygens (including phenoxy) is 1. The molecule has 7 nitrogen and oxygen atoms in total. The summed E-state index contributed by atoms with van der Waals surface area (Å²) in [6.45, 7) is 5.40. The number of para-hydroxylation sites is 2. The van der Waals surface area contributed by atoms with Crippen LogP contribution in [0.25, 0.3) is 0 Å². The first-order chi connectivity index (χ1) is 14.1. The Labute approximate surface area is 171 Å². The number of hydrogen-bond donors (Lipinski definition) is 1. The lowest BCUT2D eigenvalue weighted by Crippen LogP contribution is -2.39. The average molecular weight is 393 g/mol. The Hall–Kier alpha value is -3.14. The maximum absolute atomic E-state index is 12.7. The largest absolute Gasteiger partial charge is 0.495 e. The van der Waals surface area contributed by atoms with Gasteiger partial charge in [0.2, 0.25) is 5.91 Å². The van der Waals surface area contributed by atoms with E-state index in [1.54, 1.807) is 7.11 Å². The van der Waals surface area contributed by atoms with E-state index in [4.69, 9.17) is 4.74 Å². The van der Waals surface area contributed by atoms with Crippen molar-refractivity contribution in [2.24, 2.45) is 5.92 Å². The molecule has 0 atom stereocenters. The number of nitriles is 1. The number of methoxy groups -OCH3 is 1. The summed E-state index contributed by atoms with van der Waals surface area (Å²) in [5.41, 5.74) is 3.17. The number of aromatic nitrogens is 2. The zero-order valence-electron chi connectivity index (χ0n) is 17.2. The van der Waals surface area contributed by atoms with E-state index in [9.17, 15) is 10.1 Å². The number of amides is 1. The quantitative estimate of drug-likeness (QED) is 0.809. The Balaban J connectivity index is 1.69. The normalized spacial score (nSPS) is 14.3. The molecule has 1 aromatic heterocycles. The highest BCUT2D eigenvalue weighted by Gasteiger charge is 2.28. The Kier molecular flexibility index (Phi) is 6.65. The summed E-state index contributed by atoms with van der Waals surface area (Å²) in [6, 6.07) is 9.73. The third kappa shape index (κ3) is 4.32. The number of rotatable bonds is 6. The van der Waals surface area contributed by atoms with Crippen molar-refractivity contribution in [1.82, 2.24) is 10.2 Å². The fraction of sp³-hybridized carbons (Fsp3) is 0.455. The summed E-state index contributed by atoms with van der Waals surface area (Å²) in [5.74, 6) is 1.20. The molecular formula is C22H27N5O2. The molecule has 0 radical (unpaired) electrons. The minimum atomic E-state index is -0.0878. The van der Waals surface area contributed by atoms with E-state index in [-0.39, 0.29) is 11.8 Å². The molecule has 0 spiro atoms. The van der Waals surface area contributed by atoms with Gasteiger partial charge in [0.15, 0.2) is 5.82 Å². The third-order valence-corrected chi connectivity index (χ3v) is 5.47. The van der Waals surface area contributed by atoms with Gasteiger partial charge in [-0.25, -0.2) is 0 Å². The van der Waals surface area contributed by atoms with Crippen LogP contribution in [0.5, 0.6) is 5.75 Å². The molecular weight excluding hydrogens is 366 g/mol. The molecule has 1 N–H and O–H groups in total. The molecule has 3 rings (SSSR count). The average Bonchev–Trinajstić information content (AvgIpc) is 2.78. The van der Waals surface area contributed by atoms with Crippen molar-refractivity contribution < 1.29 is 9.53 Å². The zero-order valence-corrected chi connectivity index (χ0v) is 17.2. The van der Waals surface area contributed by atoms with Gasteiger partial charge in [0, 0.05) is 19.0 Å². The van der Waals surface area contributed by atoms with Gasteiger partial charge in [0.25, 0.3) is 0 Å². The van der Waals surface area contributed by atoms with E-state index in [2.05, 4.69) is 26.5 Å². The van der Waals surface area contributed by atoms with E-state index in [0.29, 0.717) is 48.7 Å². The second-order valence-electron chi connectivity index (χ2n) is 7.09. The molecule has 1 aliphatic heterocycles. The summed E-state index contributed by atoms with van der Waals surface area (Å²) in [6.07, 6.45) is 2.91. The first-order valence-electron chi connectivity index (χ1n) is 10.1. The van der Waals surface area contributed by atoms with Crippen LogP contribution in [0.15, 0.2) is 24.3 Å². The van der Waals surface area contributed by atoms with Crippen LogP contribution in [-0.2, 0) is 17.6 Å². The van der Waals surface area contributed by atoms with Crippen molar-refractivity contribution in [3.05, 3.63) is 41.1 Å². The van der Waals surface area contributed by atoms with Gasteiger partial charge in [0.05, 0.1) is 18.5 Å². The number of benzene rings is 1. The Morgan fingerprint density at radius 3 is 2.59 bits per heavy atom. The lowest BCUT2D eigenvalue weighted by atomic mass is 9.95. The molecule has 2 aromatic rings. The highest BCUT2D eigenvalue weighted by atomic mass is 16.5. The molecule has 1 saturated heterocycles. The van der Waals surface area contributed by atoms with Crippen LogP contribution in [0.4, 0.5) is 11.5 Å². The van der Waals surface area contributed by atoms with Crippen molar-refractivity contribution in [2.75, 3.05) is 30.4 Å². The van der Waals surface area contributed by atoms with Crippen LogP contribution in [0, 0.1) is 17.2 Å². The fourth-order valence-corrected chi connectivity index (χ4v) is 3.84. The lowest BCUT2D eigenvalue weighted by molar-refractivity contribution is -0.120. The van der Waals surface area contributed by atoms with E-state index < -0.39 is 0 Å². The van der Waals surface area contributed by atoms with Crippen molar-refractivity contribution >= 4 is 17.4 Å². The van der Waals surface area contributed by atoms with Gasteiger partial charge < -0.3 is 15.0 Å². The van der Waals surface area contributed by atoms with Crippen LogP contribution in [0.2, 0.25) is 0 Å². The van der Waals surface area contributed by atoms with E-state index in [1.165, 1.54) is 0 Å². The number of piperidine rings is 1. The van der Waals surface area contributed by atoms with Crippen molar-refractivity contribution in [3.8, 4) is 11.8 Å². The van der Waals surface area contributed by atoms with Crippen LogP contribution in [-0.4, -0.2) is 36.3 Å². The van der Waals surface area contributed by atoms with Crippen molar-refractivity contribution in [3.63, 3.8) is 0 Å². The standard InChI is InChI=1S/C22H27N5O2/c1-4-16-17(14-23)21(26-25-18(16)5-2)27-12-10-15(11-13-27)22(28)24-19-8-6-7-9-20(19)29-3/h6-9,15H,4-5,10-13H2,1-3H3,(H,24,28). The number of nitrogens with one attached hydrogen (secondary N) is 1. The minimum Gasteiger partial charge on any atom is -0.495 e. The molecule has 0 unspecified atom stereocenters. The predicted octanol–water partition coefficient (Wildman–Crippen LogP) is 3.34. The summed E-state index contributed by atoms with van der Waals surface area (Å²) in [5, 5.41) is 21.4. The number of hydrogen-bond acceptors (Lipinski definition) is 6. The fourth-order valence-electron chi connectivity index (χ4n) is 3.84. The van der Waals surface area contributed by atoms with Crippen LogP contribution in [0.3, 0.4) is 0 Å². The summed E-state index contributed by atoms with van der Waals surface area (Å²) >= 11 is 0. The van der Waals surface area contributed by atoms with Crippen molar-refractivity contribution in [1.29, 1.82) is 5.26 Å². The monoisotopic (exact) mass is 393 g/mol. The van der Waals surface area contributed by atoms with Gasteiger partial charge in [-0.2, -0.15) is 10.4 Å². The third-order valence-electron chi connectivity index (χ3n) is 5.47. The Morgan fingerprint density at radius 2 is 1.97 bits per heavy atom. The molecule has 0 bridgehead atoms. The number of carbonyl (C=O) groups excluding carboxylic acids is 1. The van der Waals surface area contributed by atoms with Crippen LogP contribution in [0.1, 0.15) is 43.5 Å². The molecule has 152 valence electrons. The number of nitrogens with zero attached hydrogens (tertiary/aromatic N) is 4. The summed E-state index contributed by atoms with van der Waals surface area (Å²) in [4.78, 5) is 14.8. The second kappa shape index (κ2) is 9.37. The molecule has 29 heavy (non-hydrogen) atoms. The number of anilines is 2. The molecule has 1 fully saturated rings. The molecule has 1 amide bonds. The molecule has 0 saturated carbocycles. The highest BCUT2D eigenvalue weighted by molar-refractivity contribution is 5.94. The zero-order chi connectivity index (χ0) is 20.8. The first-order valence-corrected chi connectivity index (χ1v) is 10.1. The summed E-state index contributed by atoms with van der Waals surface area (Å²) in [7, 11) is 1.59. The molecule has 2 heterocycles. The van der Waals surface area contributed by atoms with Gasteiger partial charge >= 0.3 is 0 Å². The van der Waals surface area contributed by atoms with E-state index in [0.717, 1.165) is 24.1 Å². The molecule has 1 aromatic carbocycles. The van der Waals surface area contributed by atoms with Crippen LogP contribution >= 0.6 is 0 Å². The topological polar surface area (TPSA) is 91.1 Å². The van der Waals surface area contributed by atoms with E-state index in [1.807, 2.05) is 38.1 Å². The van der Waals surface area contributed by atoms with Gasteiger partial charge in [-0.05, 0) is 43.4 Å². The maximum atomic E-state index is 12.7. The lowest BCUT2D eigenvalue weighted by Gasteiger charge is -2.32. The van der Waals surface area contributed by atoms with Gasteiger partial charge in [-0.15, -0.1) is 5.10 Å². The number of aryl methyl sites for hydroxylation is 1. The summed E-state index contributed by atoms with van der Waals surface area (Å²) < 4.78 is 5.31. The SMILES string of the molecule is CCc1nnc(N2CCC(C(=O)Nc3ccccc3OC)CC2)c(C#N)c1CC. The van der Waals surface area contributed by atoms with Gasteiger partial charge in [-0.3, -0.25) is 4.79 Å². The van der Waals surface area contributed by atoms with Crippen molar-refractivity contribution in [2.45, 2.75) is 39.5 Å². The molecule has 1 aliphatic rings. The van der Waals surface area contributed by atoms with Crippen LogP contribution < -0.4 is 15.0 Å². The predicted molar refractivity (Wildman–Crippen MR) is 112 cm³/mol. The minimum absolute atomic E-state index is 0.00341. The molecule has 7 heteroatoms. The second-order valence-corrected chi connectivity index (χ2v) is 7.09. The maximum Gasteiger partial charge on any atom is 0.227 e.